The Bertz CT molecular complexity index is 665. The SMILES string of the molecule is CC(C)(C)c1nc(-c2cc(OCC(F)(F)F)c(Cl)cn2)no1. The molecule has 0 aliphatic heterocycles. The van der Waals surface area contributed by atoms with Crippen molar-refractivity contribution < 1.29 is 22.4 Å². The van der Waals surface area contributed by atoms with E-state index in [9.17, 15) is 13.2 Å². The van der Waals surface area contributed by atoms with Crippen molar-refractivity contribution >= 4 is 11.6 Å². The molecule has 2 rings (SSSR count). The van der Waals surface area contributed by atoms with Crippen molar-refractivity contribution in [3.63, 3.8) is 0 Å². The lowest BCUT2D eigenvalue weighted by atomic mass is 9.97. The quantitative estimate of drug-likeness (QED) is 0.847. The summed E-state index contributed by atoms with van der Waals surface area (Å²) >= 11 is 5.77. The molecule has 0 radical (unpaired) electrons. The van der Waals surface area contributed by atoms with Crippen LogP contribution < -0.4 is 4.74 Å². The zero-order chi connectivity index (χ0) is 16.5. The molecule has 0 unspecified atom stereocenters. The maximum absolute atomic E-state index is 12.2. The Morgan fingerprint density at radius 3 is 2.50 bits per heavy atom. The molecule has 9 heteroatoms. The minimum Gasteiger partial charge on any atom is -0.482 e. The van der Waals surface area contributed by atoms with Crippen LogP contribution in [0.3, 0.4) is 0 Å². The number of rotatable bonds is 3. The monoisotopic (exact) mass is 335 g/mol. The summed E-state index contributed by atoms with van der Waals surface area (Å²) in [5.41, 5.74) is -0.145. The Morgan fingerprint density at radius 2 is 1.95 bits per heavy atom. The summed E-state index contributed by atoms with van der Waals surface area (Å²) in [4.78, 5) is 8.14. The van der Waals surface area contributed by atoms with Crippen LogP contribution in [0.2, 0.25) is 5.02 Å². The minimum atomic E-state index is -4.46. The van der Waals surface area contributed by atoms with Gasteiger partial charge in [-0.1, -0.05) is 37.5 Å². The molecule has 0 aliphatic rings. The van der Waals surface area contributed by atoms with Gasteiger partial charge in [-0.25, -0.2) is 0 Å². The van der Waals surface area contributed by atoms with Gasteiger partial charge in [-0.05, 0) is 0 Å². The Kier molecular flexibility index (Phi) is 4.32. The zero-order valence-electron chi connectivity index (χ0n) is 12.0. The van der Waals surface area contributed by atoms with E-state index >= 15 is 0 Å². The smallest absolute Gasteiger partial charge is 0.422 e. The molecule has 2 aromatic heterocycles. The second kappa shape index (κ2) is 5.75. The van der Waals surface area contributed by atoms with Crippen LogP contribution in [0.4, 0.5) is 13.2 Å². The predicted octanol–water partition coefficient (Wildman–Crippen LogP) is 4.02. The topological polar surface area (TPSA) is 61.0 Å². The van der Waals surface area contributed by atoms with Gasteiger partial charge in [0.25, 0.3) is 0 Å². The standard InChI is InChI=1S/C13H13ClF3N3O2/c1-12(2,3)11-19-10(20-22-11)8-4-9(7(14)5-18-8)21-6-13(15,16)17/h4-5H,6H2,1-3H3. The molecule has 5 nitrogen and oxygen atoms in total. The molecule has 0 saturated heterocycles. The van der Waals surface area contributed by atoms with E-state index in [2.05, 4.69) is 19.9 Å². The maximum Gasteiger partial charge on any atom is 0.422 e. The summed E-state index contributed by atoms with van der Waals surface area (Å²) in [5, 5.41) is 3.73. The molecular weight excluding hydrogens is 323 g/mol. The van der Waals surface area contributed by atoms with E-state index < -0.39 is 12.8 Å². The van der Waals surface area contributed by atoms with E-state index in [1.54, 1.807) is 0 Å². The summed E-state index contributed by atoms with van der Waals surface area (Å²) in [6, 6.07) is 1.24. The maximum atomic E-state index is 12.2. The fraction of sp³-hybridized carbons (Fsp3) is 0.462. The lowest BCUT2D eigenvalue weighted by Crippen LogP contribution is -2.19. The molecule has 0 bridgehead atoms. The molecule has 2 aromatic rings. The molecule has 0 aliphatic carbocycles. The van der Waals surface area contributed by atoms with Crippen LogP contribution in [0, 0.1) is 0 Å². The third kappa shape index (κ3) is 4.09. The van der Waals surface area contributed by atoms with Gasteiger partial charge in [0.15, 0.2) is 6.61 Å². The lowest BCUT2D eigenvalue weighted by molar-refractivity contribution is -0.153. The summed E-state index contributed by atoms with van der Waals surface area (Å²) in [7, 11) is 0. The molecule has 0 amide bonds. The van der Waals surface area contributed by atoms with Gasteiger partial charge in [0.05, 0.1) is 6.20 Å². The number of ether oxygens (including phenoxy) is 1. The van der Waals surface area contributed by atoms with Crippen LogP contribution in [-0.2, 0) is 5.41 Å². The lowest BCUT2D eigenvalue weighted by Gasteiger charge is -2.11. The van der Waals surface area contributed by atoms with Crippen molar-refractivity contribution in [2.75, 3.05) is 6.61 Å². The number of alkyl halides is 3. The zero-order valence-corrected chi connectivity index (χ0v) is 12.8. The Morgan fingerprint density at radius 1 is 1.27 bits per heavy atom. The van der Waals surface area contributed by atoms with E-state index in [0.29, 0.717) is 5.89 Å². The van der Waals surface area contributed by atoms with Gasteiger partial charge in [-0.3, -0.25) is 4.98 Å². The first-order valence-electron chi connectivity index (χ1n) is 6.26. The Balaban J connectivity index is 2.27. The van der Waals surface area contributed by atoms with Gasteiger partial charge >= 0.3 is 6.18 Å². The van der Waals surface area contributed by atoms with Gasteiger partial charge in [0.2, 0.25) is 11.7 Å². The second-order valence-corrected chi connectivity index (χ2v) is 5.98. The Labute approximate surface area is 129 Å². The normalized spacial score (nSPS) is 12.5. The molecule has 0 saturated carbocycles. The first-order valence-corrected chi connectivity index (χ1v) is 6.64. The fourth-order valence-electron chi connectivity index (χ4n) is 1.44. The highest BCUT2D eigenvalue weighted by molar-refractivity contribution is 6.31. The summed E-state index contributed by atoms with van der Waals surface area (Å²) < 4.78 is 46.4. The van der Waals surface area contributed by atoms with E-state index in [0.717, 1.165) is 0 Å². The highest BCUT2D eigenvalue weighted by Crippen LogP contribution is 2.30. The number of aromatic nitrogens is 3. The first-order chi connectivity index (χ1) is 10.1. The van der Waals surface area contributed by atoms with E-state index in [1.165, 1.54) is 12.3 Å². The van der Waals surface area contributed by atoms with Crippen molar-refractivity contribution in [3.05, 3.63) is 23.2 Å². The highest BCUT2D eigenvalue weighted by Gasteiger charge is 2.29. The van der Waals surface area contributed by atoms with Crippen molar-refractivity contribution in [1.29, 1.82) is 0 Å². The molecule has 0 fully saturated rings. The average Bonchev–Trinajstić information content (AvgIpc) is 2.86. The summed E-state index contributed by atoms with van der Waals surface area (Å²) in [5.74, 6) is 0.390. The fourth-order valence-corrected chi connectivity index (χ4v) is 1.60. The third-order valence-electron chi connectivity index (χ3n) is 2.51. The first kappa shape index (κ1) is 16.5. The molecule has 2 heterocycles. The van der Waals surface area contributed by atoms with Gasteiger partial charge in [0.1, 0.15) is 16.5 Å². The molecule has 0 N–H and O–H groups in total. The number of hydrogen-bond donors (Lipinski definition) is 0. The van der Waals surface area contributed by atoms with Gasteiger partial charge in [-0.2, -0.15) is 18.2 Å². The van der Waals surface area contributed by atoms with Crippen molar-refractivity contribution in [2.24, 2.45) is 0 Å². The molecule has 22 heavy (non-hydrogen) atoms. The number of hydrogen-bond acceptors (Lipinski definition) is 5. The molecule has 0 atom stereocenters. The number of halogens is 4. The van der Waals surface area contributed by atoms with Crippen molar-refractivity contribution in [1.82, 2.24) is 15.1 Å². The van der Waals surface area contributed by atoms with Crippen molar-refractivity contribution in [2.45, 2.75) is 32.4 Å². The van der Waals surface area contributed by atoms with Crippen LogP contribution in [0.5, 0.6) is 5.75 Å². The van der Waals surface area contributed by atoms with Crippen LogP contribution in [0.25, 0.3) is 11.5 Å². The molecular formula is C13H13ClF3N3O2. The van der Waals surface area contributed by atoms with Crippen LogP contribution in [0.15, 0.2) is 16.8 Å². The molecule has 120 valence electrons. The molecule has 0 aromatic carbocycles. The van der Waals surface area contributed by atoms with E-state index in [-0.39, 0.29) is 27.7 Å². The largest absolute Gasteiger partial charge is 0.482 e. The third-order valence-corrected chi connectivity index (χ3v) is 2.79. The van der Waals surface area contributed by atoms with Crippen molar-refractivity contribution in [3.8, 4) is 17.3 Å². The van der Waals surface area contributed by atoms with Crippen LogP contribution in [-0.4, -0.2) is 27.9 Å². The Hall–Kier alpha value is -1.83. The van der Waals surface area contributed by atoms with E-state index in [4.69, 9.17) is 16.1 Å². The van der Waals surface area contributed by atoms with Crippen LogP contribution in [0.1, 0.15) is 26.7 Å². The van der Waals surface area contributed by atoms with Crippen LogP contribution >= 0.6 is 11.6 Å². The number of pyridine rings is 1. The summed E-state index contributed by atoms with van der Waals surface area (Å²) in [6.45, 7) is 4.21. The molecule has 0 spiro atoms. The average molecular weight is 336 g/mol. The summed E-state index contributed by atoms with van der Waals surface area (Å²) in [6.07, 6.45) is -3.28. The van der Waals surface area contributed by atoms with Gasteiger partial charge < -0.3 is 9.26 Å². The highest BCUT2D eigenvalue weighted by atomic mass is 35.5. The van der Waals surface area contributed by atoms with E-state index in [1.807, 2.05) is 20.8 Å². The minimum absolute atomic E-state index is 0.0347. The number of nitrogens with zero attached hydrogens (tertiary/aromatic N) is 3. The predicted molar refractivity (Wildman–Crippen MR) is 72.8 cm³/mol. The second-order valence-electron chi connectivity index (χ2n) is 5.58. The van der Waals surface area contributed by atoms with Gasteiger partial charge in [0, 0.05) is 11.5 Å². The van der Waals surface area contributed by atoms with Gasteiger partial charge in [-0.15, -0.1) is 0 Å².